The summed E-state index contributed by atoms with van der Waals surface area (Å²) in [5.74, 6) is -0.759. The van der Waals surface area contributed by atoms with Crippen LogP contribution < -0.4 is 5.32 Å². The molecule has 1 N–H and O–H groups in total. The van der Waals surface area contributed by atoms with Crippen molar-refractivity contribution in [3.63, 3.8) is 0 Å². The van der Waals surface area contributed by atoms with Crippen molar-refractivity contribution >= 4 is 17.0 Å². The lowest BCUT2D eigenvalue weighted by Crippen LogP contribution is -2.13. The van der Waals surface area contributed by atoms with Crippen LogP contribution in [0.15, 0.2) is 30.3 Å². The van der Waals surface area contributed by atoms with E-state index in [2.05, 4.69) is 18.3 Å². The normalized spacial score (nSPS) is 10.7. The first-order chi connectivity index (χ1) is 9.61. The zero-order chi connectivity index (χ0) is 14.5. The first kappa shape index (κ1) is 14.6. The Morgan fingerprint density at radius 1 is 1.25 bits per heavy atom. The third-order valence-electron chi connectivity index (χ3n) is 2.94. The fourth-order valence-electron chi connectivity index (χ4n) is 1.87. The highest BCUT2D eigenvalue weighted by Crippen LogP contribution is 2.20. The molecule has 6 heteroatoms. The number of nitro benzene ring substituents is 1. The van der Waals surface area contributed by atoms with Crippen molar-refractivity contribution in [1.29, 1.82) is 0 Å². The molecule has 2 aromatic rings. The molecule has 0 radical (unpaired) electrons. The monoisotopic (exact) mass is 294 g/mol. The zero-order valence-corrected chi connectivity index (χ0v) is 11.9. The van der Waals surface area contributed by atoms with Crippen LogP contribution in [-0.2, 0) is 19.5 Å². The molecule has 0 saturated carbocycles. The lowest BCUT2D eigenvalue weighted by Gasteiger charge is -2.05. The number of nitrogens with zero attached hydrogens (tertiary/aromatic N) is 1. The van der Waals surface area contributed by atoms with Gasteiger partial charge in [0.2, 0.25) is 5.82 Å². The van der Waals surface area contributed by atoms with Crippen LogP contribution in [0.4, 0.5) is 10.1 Å². The molecule has 1 aromatic heterocycles. The van der Waals surface area contributed by atoms with Crippen LogP contribution >= 0.6 is 11.3 Å². The first-order valence-electron chi connectivity index (χ1n) is 6.32. The van der Waals surface area contributed by atoms with Crippen LogP contribution in [0.25, 0.3) is 0 Å². The number of hydrogen-bond acceptors (Lipinski definition) is 4. The molecule has 4 nitrogen and oxygen atoms in total. The van der Waals surface area contributed by atoms with E-state index >= 15 is 0 Å². The summed E-state index contributed by atoms with van der Waals surface area (Å²) in [6.07, 6.45) is 1.00. The van der Waals surface area contributed by atoms with E-state index in [1.54, 1.807) is 17.4 Å². The second kappa shape index (κ2) is 6.58. The molecule has 0 fully saturated rings. The van der Waals surface area contributed by atoms with Gasteiger partial charge in [-0.25, -0.2) is 0 Å². The fourth-order valence-corrected chi connectivity index (χ4v) is 2.80. The van der Waals surface area contributed by atoms with E-state index in [0.29, 0.717) is 12.1 Å². The van der Waals surface area contributed by atoms with E-state index < -0.39 is 16.4 Å². The Labute approximate surface area is 120 Å². The van der Waals surface area contributed by atoms with Gasteiger partial charge in [-0.2, -0.15) is 4.39 Å². The van der Waals surface area contributed by atoms with E-state index in [9.17, 15) is 14.5 Å². The molecule has 106 valence electrons. The van der Waals surface area contributed by atoms with Gasteiger partial charge in [-0.05, 0) is 18.6 Å². The number of hydrogen-bond donors (Lipinski definition) is 1. The average molecular weight is 294 g/mol. The Kier molecular flexibility index (Phi) is 4.81. The summed E-state index contributed by atoms with van der Waals surface area (Å²) in [5.41, 5.74) is -0.167. The maximum absolute atomic E-state index is 13.8. The van der Waals surface area contributed by atoms with Crippen LogP contribution in [0, 0.1) is 15.9 Å². The van der Waals surface area contributed by atoms with Crippen LogP contribution in [-0.4, -0.2) is 4.92 Å². The van der Waals surface area contributed by atoms with Gasteiger partial charge in [0, 0.05) is 34.5 Å². The van der Waals surface area contributed by atoms with Crippen molar-refractivity contribution in [3.05, 3.63) is 61.6 Å². The summed E-state index contributed by atoms with van der Waals surface area (Å²) in [5, 5.41) is 13.8. The van der Waals surface area contributed by atoms with Crippen molar-refractivity contribution in [2.45, 2.75) is 26.4 Å². The van der Waals surface area contributed by atoms with Crippen molar-refractivity contribution < 1.29 is 9.31 Å². The number of halogens is 1. The highest BCUT2D eigenvalue weighted by molar-refractivity contribution is 7.11. The Bertz CT molecular complexity index is 613. The Balaban J connectivity index is 1.97. The van der Waals surface area contributed by atoms with Gasteiger partial charge in [0.25, 0.3) is 0 Å². The average Bonchev–Trinajstić information content (AvgIpc) is 2.88. The molecule has 0 aliphatic rings. The first-order valence-corrected chi connectivity index (χ1v) is 7.13. The van der Waals surface area contributed by atoms with Crippen LogP contribution in [0.2, 0.25) is 0 Å². The van der Waals surface area contributed by atoms with E-state index in [-0.39, 0.29) is 6.54 Å². The zero-order valence-electron chi connectivity index (χ0n) is 11.1. The quantitative estimate of drug-likeness (QED) is 0.653. The number of thiophene rings is 1. The van der Waals surface area contributed by atoms with Gasteiger partial charge < -0.3 is 5.32 Å². The van der Waals surface area contributed by atoms with Gasteiger partial charge in [0.05, 0.1) is 4.92 Å². The third-order valence-corrected chi connectivity index (χ3v) is 4.17. The molecule has 0 atom stereocenters. The van der Waals surface area contributed by atoms with Crippen molar-refractivity contribution in [1.82, 2.24) is 5.32 Å². The second-order valence-electron chi connectivity index (χ2n) is 4.33. The topological polar surface area (TPSA) is 55.2 Å². The molecule has 0 spiro atoms. The van der Waals surface area contributed by atoms with Gasteiger partial charge in [0.1, 0.15) is 0 Å². The number of nitrogens with one attached hydrogen (secondary N) is 1. The minimum absolute atomic E-state index is 0.271. The number of nitro groups is 1. The summed E-state index contributed by atoms with van der Waals surface area (Å²) in [6, 6.07) is 8.35. The fraction of sp³-hybridized carbons (Fsp3) is 0.286. The number of aryl methyl sites for hydroxylation is 1. The standard InChI is InChI=1S/C14H15FN2O2S/c1-2-11-6-7-12(20-11)9-16-8-10-4-3-5-13(14(10)15)17(18)19/h3-7,16H,2,8-9H2,1H3. The molecule has 1 heterocycles. The molecular formula is C14H15FN2O2S. The van der Waals surface area contributed by atoms with Crippen molar-refractivity contribution in [2.75, 3.05) is 0 Å². The molecule has 0 saturated heterocycles. The molecule has 0 aliphatic heterocycles. The van der Waals surface area contributed by atoms with E-state index in [1.807, 2.05) is 6.07 Å². The van der Waals surface area contributed by atoms with Gasteiger partial charge in [0.15, 0.2) is 0 Å². The van der Waals surface area contributed by atoms with Crippen LogP contribution in [0.3, 0.4) is 0 Å². The number of rotatable bonds is 6. The minimum atomic E-state index is -0.759. The smallest absolute Gasteiger partial charge is 0.305 e. The Morgan fingerprint density at radius 2 is 2.00 bits per heavy atom. The molecule has 0 amide bonds. The van der Waals surface area contributed by atoms with Crippen molar-refractivity contribution in [2.24, 2.45) is 0 Å². The summed E-state index contributed by atoms with van der Waals surface area (Å²) >= 11 is 1.72. The summed E-state index contributed by atoms with van der Waals surface area (Å²) in [7, 11) is 0. The second-order valence-corrected chi connectivity index (χ2v) is 5.59. The van der Waals surface area contributed by atoms with E-state index in [4.69, 9.17) is 0 Å². The van der Waals surface area contributed by atoms with E-state index in [0.717, 1.165) is 6.42 Å². The van der Waals surface area contributed by atoms with Crippen LogP contribution in [0.1, 0.15) is 22.2 Å². The van der Waals surface area contributed by atoms with Gasteiger partial charge in [-0.15, -0.1) is 11.3 Å². The molecule has 20 heavy (non-hydrogen) atoms. The molecule has 0 bridgehead atoms. The molecular weight excluding hydrogens is 279 g/mol. The predicted octanol–water partition coefficient (Wildman–Crippen LogP) is 3.65. The summed E-state index contributed by atoms with van der Waals surface area (Å²) in [6.45, 7) is 3.00. The van der Waals surface area contributed by atoms with Gasteiger partial charge in [-0.1, -0.05) is 19.1 Å². The Morgan fingerprint density at radius 3 is 2.65 bits per heavy atom. The minimum Gasteiger partial charge on any atom is -0.308 e. The predicted molar refractivity (Wildman–Crippen MR) is 77.3 cm³/mol. The van der Waals surface area contributed by atoms with Gasteiger partial charge >= 0.3 is 5.69 Å². The molecule has 0 aliphatic carbocycles. The maximum Gasteiger partial charge on any atom is 0.305 e. The Hall–Kier alpha value is -1.79. The third kappa shape index (κ3) is 3.40. The SMILES string of the molecule is CCc1ccc(CNCc2cccc([N+](=O)[O-])c2F)s1. The highest BCUT2D eigenvalue weighted by atomic mass is 32.1. The maximum atomic E-state index is 13.8. The summed E-state index contributed by atoms with van der Waals surface area (Å²) < 4.78 is 13.8. The lowest BCUT2D eigenvalue weighted by molar-refractivity contribution is -0.387. The molecule has 2 rings (SSSR count). The van der Waals surface area contributed by atoms with Crippen LogP contribution in [0.5, 0.6) is 0 Å². The van der Waals surface area contributed by atoms with Crippen molar-refractivity contribution in [3.8, 4) is 0 Å². The molecule has 1 aromatic carbocycles. The lowest BCUT2D eigenvalue weighted by atomic mass is 10.2. The van der Waals surface area contributed by atoms with Gasteiger partial charge in [-0.3, -0.25) is 10.1 Å². The van der Waals surface area contributed by atoms with E-state index in [1.165, 1.54) is 21.9 Å². The number of benzene rings is 1. The highest BCUT2D eigenvalue weighted by Gasteiger charge is 2.16. The largest absolute Gasteiger partial charge is 0.308 e. The molecule has 0 unspecified atom stereocenters. The summed E-state index contributed by atoms with van der Waals surface area (Å²) in [4.78, 5) is 12.4.